The van der Waals surface area contributed by atoms with E-state index in [2.05, 4.69) is 0 Å². The second-order valence-corrected chi connectivity index (χ2v) is 4.94. The summed E-state index contributed by atoms with van der Waals surface area (Å²) in [6.07, 6.45) is 0.842. The van der Waals surface area contributed by atoms with Crippen LogP contribution in [0.4, 0.5) is 0 Å². The van der Waals surface area contributed by atoms with Gasteiger partial charge in [0, 0.05) is 0 Å². The van der Waals surface area contributed by atoms with Crippen molar-refractivity contribution in [3.05, 3.63) is 53.6 Å². The van der Waals surface area contributed by atoms with E-state index in [4.69, 9.17) is 14.2 Å². The molecule has 0 radical (unpaired) electrons. The third kappa shape index (κ3) is 4.01. The molecule has 0 aliphatic carbocycles. The maximum Gasteiger partial charge on any atom is 0.311 e. The van der Waals surface area contributed by atoms with E-state index in [0.29, 0.717) is 17.9 Å². The molecule has 4 nitrogen and oxygen atoms in total. The van der Waals surface area contributed by atoms with Gasteiger partial charge in [-0.2, -0.15) is 0 Å². The highest BCUT2D eigenvalue weighted by molar-refractivity contribution is 5.73. The predicted octanol–water partition coefficient (Wildman–Crippen LogP) is 3.55. The van der Waals surface area contributed by atoms with E-state index in [9.17, 15) is 4.79 Å². The van der Waals surface area contributed by atoms with Gasteiger partial charge in [-0.1, -0.05) is 24.3 Å². The molecule has 0 heterocycles. The molecule has 0 amide bonds. The highest BCUT2D eigenvalue weighted by Crippen LogP contribution is 2.28. The lowest BCUT2D eigenvalue weighted by Crippen LogP contribution is -2.10. The molecular weight excluding hydrogens is 280 g/mol. The predicted molar refractivity (Wildman–Crippen MR) is 84.7 cm³/mol. The summed E-state index contributed by atoms with van der Waals surface area (Å²) in [7, 11) is 3.18. The third-order valence-electron chi connectivity index (χ3n) is 3.33. The molecule has 0 unspecified atom stereocenters. The van der Waals surface area contributed by atoms with Crippen molar-refractivity contribution in [2.24, 2.45) is 0 Å². The summed E-state index contributed by atoms with van der Waals surface area (Å²) in [5.74, 6) is 1.49. The zero-order chi connectivity index (χ0) is 15.9. The van der Waals surface area contributed by atoms with E-state index in [1.54, 1.807) is 20.3 Å². The van der Waals surface area contributed by atoms with E-state index >= 15 is 0 Å². The smallest absolute Gasteiger partial charge is 0.311 e. The van der Waals surface area contributed by atoms with E-state index in [0.717, 1.165) is 16.9 Å². The molecule has 2 aromatic rings. The van der Waals surface area contributed by atoms with Crippen molar-refractivity contribution in [2.45, 2.75) is 19.8 Å². The zero-order valence-electron chi connectivity index (χ0n) is 13.1. The molecule has 0 saturated carbocycles. The first-order valence-corrected chi connectivity index (χ1v) is 7.11. The Labute approximate surface area is 130 Å². The van der Waals surface area contributed by atoms with Crippen LogP contribution in [0.15, 0.2) is 42.5 Å². The van der Waals surface area contributed by atoms with Gasteiger partial charge in [-0.25, -0.2) is 0 Å². The Morgan fingerprint density at radius 1 is 0.955 bits per heavy atom. The van der Waals surface area contributed by atoms with Gasteiger partial charge in [-0.3, -0.25) is 4.79 Å². The summed E-state index contributed by atoms with van der Waals surface area (Å²) in [6, 6.07) is 13.1. The molecule has 116 valence electrons. The van der Waals surface area contributed by atoms with Crippen molar-refractivity contribution in [3.63, 3.8) is 0 Å². The van der Waals surface area contributed by atoms with E-state index < -0.39 is 0 Å². The average Bonchev–Trinajstić information content (AvgIpc) is 2.54. The van der Waals surface area contributed by atoms with Gasteiger partial charge in [0.15, 0.2) is 11.5 Å². The number of para-hydroxylation sites is 1. The van der Waals surface area contributed by atoms with Crippen molar-refractivity contribution in [3.8, 4) is 17.2 Å². The van der Waals surface area contributed by atoms with Gasteiger partial charge in [0.05, 0.1) is 20.6 Å². The Bertz CT molecular complexity index is 649. The minimum absolute atomic E-state index is 0.275. The number of carbonyl (C=O) groups is 1. The van der Waals surface area contributed by atoms with Gasteiger partial charge in [-0.05, 0) is 42.7 Å². The maximum absolute atomic E-state index is 12.0. The standard InChI is InChI=1S/C18H20O4/c1-13-8-10-16(17(12-13)21-3)22-18(19)11-9-14-6-4-5-7-15(14)20-2/h4-8,10,12H,9,11H2,1-3H3. The van der Waals surface area contributed by atoms with Crippen LogP contribution >= 0.6 is 0 Å². The number of esters is 1. The van der Waals surface area contributed by atoms with Crippen LogP contribution in [0.3, 0.4) is 0 Å². The van der Waals surface area contributed by atoms with Crippen LogP contribution in [0, 0.1) is 6.92 Å². The van der Waals surface area contributed by atoms with Crippen molar-refractivity contribution >= 4 is 5.97 Å². The summed E-state index contributed by atoms with van der Waals surface area (Å²) >= 11 is 0. The Hall–Kier alpha value is -2.49. The Morgan fingerprint density at radius 3 is 2.41 bits per heavy atom. The number of ether oxygens (including phenoxy) is 3. The van der Waals surface area contributed by atoms with Gasteiger partial charge in [0.25, 0.3) is 0 Å². The molecule has 0 aliphatic rings. The fourth-order valence-electron chi connectivity index (χ4n) is 2.18. The first-order valence-electron chi connectivity index (χ1n) is 7.11. The summed E-state index contributed by atoms with van der Waals surface area (Å²) in [4.78, 5) is 12.0. The van der Waals surface area contributed by atoms with Crippen molar-refractivity contribution in [1.29, 1.82) is 0 Å². The molecule has 0 spiro atoms. The highest BCUT2D eigenvalue weighted by Gasteiger charge is 2.11. The molecule has 0 aliphatic heterocycles. The number of rotatable bonds is 6. The molecule has 22 heavy (non-hydrogen) atoms. The molecule has 0 fully saturated rings. The molecule has 0 saturated heterocycles. The Balaban J connectivity index is 1.99. The summed E-state index contributed by atoms with van der Waals surface area (Å²) in [6.45, 7) is 1.95. The minimum atomic E-state index is -0.298. The van der Waals surface area contributed by atoms with Gasteiger partial charge < -0.3 is 14.2 Å². The number of carbonyl (C=O) groups excluding carboxylic acids is 1. The van der Waals surface area contributed by atoms with Crippen LogP contribution < -0.4 is 14.2 Å². The molecule has 0 N–H and O–H groups in total. The fourth-order valence-corrected chi connectivity index (χ4v) is 2.18. The van der Waals surface area contributed by atoms with E-state index in [1.807, 2.05) is 43.3 Å². The number of aryl methyl sites for hydroxylation is 2. The van der Waals surface area contributed by atoms with Gasteiger partial charge in [-0.15, -0.1) is 0 Å². The minimum Gasteiger partial charge on any atom is -0.496 e. The van der Waals surface area contributed by atoms with Crippen LogP contribution in [-0.4, -0.2) is 20.2 Å². The number of methoxy groups -OCH3 is 2. The van der Waals surface area contributed by atoms with Gasteiger partial charge >= 0.3 is 5.97 Å². The topological polar surface area (TPSA) is 44.8 Å². The quantitative estimate of drug-likeness (QED) is 0.604. The Kier molecular flexibility index (Phi) is 5.42. The first kappa shape index (κ1) is 15.9. The van der Waals surface area contributed by atoms with Crippen LogP contribution in [0.5, 0.6) is 17.2 Å². The van der Waals surface area contributed by atoms with Crippen molar-refractivity contribution < 1.29 is 19.0 Å². The summed E-state index contributed by atoms with van der Waals surface area (Å²) < 4.78 is 15.9. The SMILES string of the molecule is COc1ccccc1CCC(=O)Oc1ccc(C)cc1OC. The summed E-state index contributed by atoms with van der Waals surface area (Å²) in [5, 5.41) is 0. The monoisotopic (exact) mass is 300 g/mol. The van der Waals surface area contributed by atoms with Gasteiger partial charge in [0.1, 0.15) is 5.75 Å². The molecule has 0 aromatic heterocycles. The lowest BCUT2D eigenvalue weighted by molar-refractivity contribution is -0.134. The molecule has 0 bridgehead atoms. The van der Waals surface area contributed by atoms with Crippen molar-refractivity contribution in [2.75, 3.05) is 14.2 Å². The molecule has 4 heteroatoms. The highest BCUT2D eigenvalue weighted by atomic mass is 16.6. The van der Waals surface area contributed by atoms with Crippen LogP contribution in [0.25, 0.3) is 0 Å². The third-order valence-corrected chi connectivity index (χ3v) is 3.33. The normalized spacial score (nSPS) is 10.1. The lowest BCUT2D eigenvalue weighted by atomic mass is 10.1. The number of hydrogen-bond acceptors (Lipinski definition) is 4. The zero-order valence-corrected chi connectivity index (χ0v) is 13.1. The van der Waals surface area contributed by atoms with Gasteiger partial charge in [0.2, 0.25) is 0 Å². The lowest BCUT2D eigenvalue weighted by Gasteiger charge is -2.11. The summed E-state index contributed by atoms with van der Waals surface area (Å²) in [5.41, 5.74) is 2.03. The van der Waals surface area contributed by atoms with E-state index in [1.165, 1.54) is 0 Å². The Morgan fingerprint density at radius 2 is 1.68 bits per heavy atom. The van der Waals surface area contributed by atoms with Crippen molar-refractivity contribution in [1.82, 2.24) is 0 Å². The number of hydrogen-bond donors (Lipinski definition) is 0. The van der Waals surface area contributed by atoms with Crippen LogP contribution in [0.2, 0.25) is 0 Å². The van der Waals surface area contributed by atoms with Crippen LogP contribution in [0.1, 0.15) is 17.5 Å². The second kappa shape index (κ2) is 7.50. The largest absolute Gasteiger partial charge is 0.496 e. The number of benzene rings is 2. The molecule has 2 rings (SSSR count). The molecule has 2 aromatic carbocycles. The first-order chi connectivity index (χ1) is 10.6. The maximum atomic E-state index is 12.0. The van der Waals surface area contributed by atoms with E-state index in [-0.39, 0.29) is 12.4 Å². The second-order valence-electron chi connectivity index (χ2n) is 4.94. The molecular formula is C18H20O4. The average molecular weight is 300 g/mol. The van der Waals surface area contributed by atoms with Crippen LogP contribution in [-0.2, 0) is 11.2 Å². The molecule has 0 atom stereocenters. The fraction of sp³-hybridized carbons (Fsp3) is 0.278.